The molecule has 2 aromatic heterocycles. The van der Waals surface area contributed by atoms with Crippen LogP contribution in [-0.2, 0) is 0 Å². The van der Waals surface area contributed by atoms with Gasteiger partial charge in [0.05, 0.1) is 16.6 Å². The van der Waals surface area contributed by atoms with E-state index in [2.05, 4.69) is 5.10 Å². The number of hydrogen-bond acceptors (Lipinski definition) is 4. The minimum atomic E-state index is -0.529. The summed E-state index contributed by atoms with van der Waals surface area (Å²) in [5, 5.41) is 4.99. The number of ketones is 1. The lowest BCUT2D eigenvalue weighted by molar-refractivity contribution is 0.0998. The van der Waals surface area contributed by atoms with Gasteiger partial charge in [0.2, 0.25) is 5.91 Å². The third kappa shape index (κ3) is 2.37. The number of thioether (sulfide) groups is 1. The molecule has 0 unspecified atom stereocenters. The second-order valence-corrected chi connectivity index (χ2v) is 5.49. The Hall–Kier alpha value is -2.60. The Morgan fingerprint density at radius 3 is 2.45 bits per heavy atom. The van der Waals surface area contributed by atoms with E-state index in [9.17, 15) is 9.59 Å². The summed E-state index contributed by atoms with van der Waals surface area (Å²) in [6.45, 7) is 0. The second-order valence-electron chi connectivity index (χ2n) is 4.69. The van der Waals surface area contributed by atoms with E-state index in [1.807, 2.05) is 24.5 Å². The quantitative estimate of drug-likeness (QED) is 0.593. The first-order chi connectivity index (χ1) is 10.6. The summed E-state index contributed by atoms with van der Waals surface area (Å²) >= 11 is 1.39. The van der Waals surface area contributed by atoms with Gasteiger partial charge < -0.3 is 5.73 Å². The van der Waals surface area contributed by atoms with Gasteiger partial charge in [-0.3, -0.25) is 9.59 Å². The Balaban J connectivity index is 2.20. The minimum absolute atomic E-state index is 0.0909. The predicted octanol–water partition coefficient (Wildman–Crippen LogP) is 2.39. The molecule has 0 saturated heterocycles. The van der Waals surface area contributed by atoms with E-state index in [0.717, 1.165) is 0 Å². The lowest BCUT2D eigenvalue weighted by Crippen LogP contribution is -2.11. The Kier molecular flexibility index (Phi) is 3.68. The molecule has 0 aliphatic carbocycles. The number of benzene rings is 1. The zero-order valence-electron chi connectivity index (χ0n) is 11.8. The molecule has 0 aliphatic rings. The molecule has 1 aromatic carbocycles. The van der Waals surface area contributed by atoms with Gasteiger partial charge in [0.1, 0.15) is 5.03 Å². The van der Waals surface area contributed by atoms with Gasteiger partial charge in [-0.15, -0.1) is 11.8 Å². The topological polar surface area (TPSA) is 77.5 Å². The third-order valence-electron chi connectivity index (χ3n) is 3.34. The van der Waals surface area contributed by atoms with E-state index in [4.69, 9.17) is 5.73 Å². The number of primary amides is 1. The number of rotatable bonds is 4. The molecule has 2 heterocycles. The SMILES string of the molecule is CSc1nn2cc(C(N)=O)ccc2c1C(=O)c1ccccc1. The number of carbonyl (C=O) groups excluding carboxylic acids is 2. The summed E-state index contributed by atoms with van der Waals surface area (Å²) in [6.07, 6.45) is 3.40. The molecular weight excluding hydrogens is 298 g/mol. The largest absolute Gasteiger partial charge is 0.366 e. The first-order valence-electron chi connectivity index (χ1n) is 6.57. The Morgan fingerprint density at radius 1 is 1.09 bits per heavy atom. The highest BCUT2D eigenvalue weighted by Crippen LogP contribution is 2.26. The molecule has 0 radical (unpaired) electrons. The van der Waals surface area contributed by atoms with Crippen LogP contribution in [0.4, 0.5) is 0 Å². The van der Waals surface area contributed by atoms with Crippen molar-refractivity contribution in [1.82, 2.24) is 9.61 Å². The van der Waals surface area contributed by atoms with Crippen LogP contribution in [0, 0.1) is 0 Å². The van der Waals surface area contributed by atoms with Gasteiger partial charge in [-0.25, -0.2) is 4.52 Å². The zero-order valence-corrected chi connectivity index (χ0v) is 12.6. The summed E-state index contributed by atoms with van der Waals surface area (Å²) in [6, 6.07) is 12.4. The minimum Gasteiger partial charge on any atom is -0.366 e. The summed E-state index contributed by atoms with van der Waals surface area (Å²) in [5.41, 5.74) is 7.43. The van der Waals surface area contributed by atoms with Crippen molar-refractivity contribution in [1.29, 1.82) is 0 Å². The van der Waals surface area contributed by atoms with Crippen molar-refractivity contribution in [2.45, 2.75) is 5.03 Å². The number of amides is 1. The number of fused-ring (bicyclic) bond motifs is 1. The second kappa shape index (κ2) is 5.65. The monoisotopic (exact) mass is 311 g/mol. The van der Waals surface area contributed by atoms with Gasteiger partial charge in [-0.2, -0.15) is 5.10 Å². The summed E-state index contributed by atoms with van der Waals surface area (Å²) in [4.78, 5) is 24.0. The molecule has 22 heavy (non-hydrogen) atoms. The fourth-order valence-electron chi connectivity index (χ4n) is 2.26. The maximum Gasteiger partial charge on any atom is 0.250 e. The van der Waals surface area contributed by atoms with Gasteiger partial charge in [0.15, 0.2) is 5.78 Å². The van der Waals surface area contributed by atoms with E-state index < -0.39 is 5.91 Å². The molecule has 0 atom stereocenters. The number of pyridine rings is 1. The molecule has 1 amide bonds. The molecule has 110 valence electrons. The Labute approximate surface area is 131 Å². The third-order valence-corrected chi connectivity index (χ3v) is 4.01. The summed E-state index contributed by atoms with van der Waals surface area (Å²) in [5.74, 6) is -0.620. The summed E-state index contributed by atoms with van der Waals surface area (Å²) < 4.78 is 1.53. The van der Waals surface area contributed by atoms with E-state index in [1.165, 1.54) is 16.3 Å². The molecule has 5 nitrogen and oxygen atoms in total. The highest BCUT2D eigenvalue weighted by Gasteiger charge is 2.21. The number of hydrogen-bond donors (Lipinski definition) is 1. The Bertz CT molecular complexity index is 872. The molecule has 0 bridgehead atoms. The van der Waals surface area contributed by atoms with E-state index in [1.54, 1.807) is 30.5 Å². The first kappa shape index (κ1) is 14.3. The van der Waals surface area contributed by atoms with Crippen molar-refractivity contribution in [3.8, 4) is 0 Å². The van der Waals surface area contributed by atoms with Crippen molar-refractivity contribution in [3.05, 3.63) is 65.4 Å². The predicted molar refractivity (Wildman–Crippen MR) is 85.4 cm³/mol. The van der Waals surface area contributed by atoms with E-state index in [0.29, 0.717) is 27.2 Å². The van der Waals surface area contributed by atoms with Crippen LogP contribution in [0.25, 0.3) is 5.52 Å². The first-order valence-corrected chi connectivity index (χ1v) is 7.80. The van der Waals surface area contributed by atoms with Crippen molar-refractivity contribution < 1.29 is 9.59 Å². The van der Waals surface area contributed by atoms with Crippen molar-refractivity contribution in [3.63, 3.8) is 0 Å². The average Bonchev–Trinajstić information content (AvgIpc) is 2.92. The lowest BCUT2D eigenvalue weighted by atomic mass is 10.0. The molecule has 2 N–H and O–H groups in total. The molecule has 6 heteroatoms. The maximum absolute atomic E-state index is 12.8. The number of nitrogens with zero attached hydrogens (tertiary/aromatic N) is 2. The highest BCUT2D eigenvalue weighted by molar-refractivity contribution is 7.98. The maximum atomic E-state index is 12.8. The number of aromatic nitrogens is 2. The van der Waals surface area contributed by atoms with Crippen LogP contribution in [-0.4, -0.2) is 27.6 Å². The molecule has 0 fully saturated rings. The van der Waals surface area contributed by atoms with Gasteiger partial charge in [0, 0.05) is 11.8 Å². The van der Waals surface area contributed by atoms with Gasteiger partial charge in [0.25, 0.3) is 0 Å². The molecule has 0 aliphatic heterocycles. The normalized spacial score (nSPS) is 10.8. The van der Waals surface area contributed by atoms with Crippen LogP contribution in [0.1, 0.15) is 26.3 Å². The molecule has 3 rings (SSSR count). The Morgan fingerprint density at radius 2 is 1.82 bits per heavy atom. The van der Waals surface area contributed by atoms with Crippen LogP contribution in [0.3, 0.4) is 0 Å². The summed E-state index contributed by atoms with van der Waals surface area (Å²) in [7, 11) is 0. The van der Waals surface area contributed by atoms with E-state index in [-0.39, 0.29) is 5.78 Å². The molecule has 0 spiro atoms. The highest BCUT2D eigenvalue weighted by atomic mass is 32.2. The number of carbonyl (C=O) groups is 2. The van der Waals surface area contributed by atoms with E-state index >= 15 is 0 Å². The van der Waals surface area contributed by atoms with Gasteiger partial charge in [-0.05, 0) is 18.4 Å². The van der Waals surface area contributed by atoms with Crippen LogP contribution >= 0.6 is 11.8 Å². The van der Waals surface area contributed by atoms with Crippen molar-refractivity contribution >= 4 is 29.0 Å². The van der Waals surface area contributed by atoms with Gasteiger partial charge in [-0.1, -0.05) is 30.3 Å². The zero-order chi connectivity index (χ0) is 15.7. The molecule has 3 aromatic rings. The smallest absolute Gasteiger partial charge is 0.250 e. The van der Waals surface area contributed by atoms with Crippen LogP contribution in [0.5, 0.6) is 0 Å². The van der Waals surface area contributed by atoms with Crippen molar-refractivity contribution in [2.75, 3.05) is 6.26 Å². The average molecular weight is 311 g/mol. The van der Waals surface area contributed by atoms with Crippen molar-refractivity contribution in [2.24, 2.45) is 5.73 Å². The lowest BCUT2D eigenvalue weighted by Gasteiger charge is -2.02. The molecule has 0 saturated carbocycles. The molecular formula is C16H13N3O2S. The van der Waals surface area contributed by atoms with Crippen LogP contribution in [0.2, 0.25) is 0 Å². The van der Waals surface area contributed by atoms with Crippen LogP contribution in [0.15, 0.2) is 53.7 Å². The van der Waals surface area contributed by atoms with Gasteiger partial charge >= 0.3 is 0 Å². The fourth-order valence-corrected chi connectivity index (χ4v) is 2.83. The fraction of sp³-hybridized carbons (Fsp3) is 0.0625. The standard InChI is InChI=1S/C16H13N3O2S/c1-22-16-13(14(20)10-5-3-2-4-6-10)12-8-7-11(15(17)21)9-19(12)18-16/h2-9H,1H3,(H2,17,21). The van der Waals surface area contributed by atoms with Crippen LogP contribution < -0.4 is 5.73 Å². The number of nitrogens with two attached hydrogens (primary N) is 1.